The second-order valence-corrected chi connectivity index (χ2v) is 12.2. The molecule has 0 saturated heterocycles. The van der Waals surface area contributed by atoms with Gasteiger partial charge in [-0.2, -0.15) is 0 Å². The van der Waals surface area contributed by atoms with E-state index in [4.69, 9.17) is 4.74 Å². The number of rotatable bonds is 5. The summed E-state index contributed by atoms with van der Waals surface area (Å²) in [6.45, 7) is 10.8. The van der Waals surface area contributed by atoms with E-state index in [0.29, 0.717) is 29.4 Å². The van der Waals surface area contributed by atoms with Gasteiger partial charge in [-0.3, -0.25) is 4.79 Å². The van der Waals surface area contributed by atoms with E-state index in [-0.39, 0.29) is 11.2 Å². The van der Waals surface area contributed by atoms with Gasteiger partial charge in [0.05, 0.1) is 5.41 Å². The molecule has 0 aromatic heterocycles. The van der Waals surface area contributed by atoms with E-state index in [9.17, 15) is 9.18 Å². The predicted molar refractivity (Wildman–Crippen MR) is 117 cm³/mol. The minimum atomic E-state index is -1.04. The molecule has 4 aliphatic carbocycles. The van der Waals surface area contributed by atoms with Crippen molar-refractivity contribution in [2.24, 2.45) is 40.4 Å². The van der Waals surface area contributed by atoms with Crippen molar-refractivity contribution < 1.29 is 13.9 Å². The average Bonchev–Trinajstić information content (AvgIpc) is 3.39. The van der Waals surface area contributed by atoms with Crippen LogP contribution in [0.15, 0.2) is 23.2 Å². The Balaban J connectivity index is 1.33. The van der Waals surface area contributed by atoms with E-state index in [0.717, 1.165) is 42.8 Å². The summed E-state index contributed by atoms with van der Waals surface area (Å²) in [4.78, 5) is 12.2. The van der Waals surface area contributed by atoms with Crippen molar-refractivity contribution >= 4 is 5.78 Å². The van der Waals surface area contributed by atoms with Crippen LogP contribution in [-0.2, 0) is 9.53 Å². The maximum absolute atomic E-state index is 13.9. The van der Waals surface area contributed by atoms with Crippen molar-refractivity contribution in [1.82, 2.24) is 0 Å². The van der Waals surface area contributed by atoms with Crippen molar-refractivity contribution in [3.8, 4) is 0 Å². The summed E-state index contributed by atoms with van der Waals surface area (Å²) in [6, 6.07) is 0. The molecule has 0 aromatic rings. The van der Waals surface area contributed by atoms with E-state index >= 15 is 0 Å². The first-order valence-electron chi connectivity index (χ1n) is 12.4. The molecule has 0 aromatic carbocycles. The molecule has 1 aliphatic heterocycles. The van der Waals surface area contributed by atoms with Gasteiger partial charge in [-0.1, -0.05) is 32.3 Å². The molecule has 0 amide bonds. The summed E-state index contributed by atoms with van der Waals surface area (Å²) < 4.78 is 19.7. The Bertz CT molecular complexity index is 817. The summed E-state index contributed by atoms with van der Waals surface area (Å²) in [7, 11) is 0. The fourth-order valence-corrected chi connectivity index (χ4v) is 8.59. The van der Waals surface area contributed by atoms with Gasteiger partial charge >= 0.3 is 0 Å². The molecule has 2 nitrogen and oxygen atoms in total. The number of carbonyl (C=O) groups is 1. The zero-order valence-electron chi connectivity index (χ0n) is 19.5. The number of hydrogen-bond donors (Lipinski definition) is 0. The molecule has 0 N–H and O–H groups in total. The lowest BCUT2D eigenvalue weighted by Crippen LogP contribution is -2.50. The molecule has 1 heterocycles. The lowest BCUT2D eigenvalue weighted by molar-refractivity contribution is -0.112. The minimum Gasteiger partial charge on any atom is -0.449 e. The number of carbonyl (C=O) groups excluding carboxylic acids is 1. The largest absolute Gasteiger partial charge is 0.449 e. The molecular formula is C27H39FO2. The van der Waals surface area contributed by atoms with Gasteiger partial charge in [0, 0.05) is 0 Å². The minimum absolute atomic E-state index is 0.0239. The number of halogens is 1. The molecular weight excluding hydrogens is 375 g/mol. The zero-order chi connectivity index (χ0) is 21.5. The van der Waals surface area contributed by atoms with Crippen LogP contribution < -0.4 is 0 Å². The predicted octanol–water partition coefficient (Wildman–Crippen LogP) is 7.15. The standard InChI is InChI=1S/C27H39FO2/c1-16(7-6-13-25(2,3)28)19-10-11-20-18-9-8-17-15-22(29)23-24(30-23)27(17,5)21(18)12-14-26(19,20)4/h15-16,18-21H,6-14H2,1-5H3/t16-,18+,19-,20+,21+,26-,27+/m1/s1. The third-order valence-electron chi connectivity index (χ3n) is 10.2. The monoisotopic (exact) mass is 414 g/mol. The molecule has 0 radical (unpaired) electrons. The van der Waals surface area contributed by atoms with Crippen LogP contribution in [0.1, 0.15) is 92.4 Å². The van der Waals surface area contributed by atoms with Crippen LogP contribution in [0.5, 0.6) is 0 Å². The highest BCUT2D eigenvalue weighted by Gasteiger charge is 2.64. The molecule has 5 aliphatic rings. The van der Waals surface area contributed by atoms with Crippen molar-refractivity contribution in [1.29, 1.82) is 0 Å². The third-order valence-corrected chi connectivity index (χ3v) is 10.2. The van der Waals surface area contributed by atoms with Crippen molar-refractivity contribution in [3.63, 3.8) is 0 Å². The van der Waals surface area contributed by atoms with Gasteiger partial charge in [0.2, 0.25) is 11.5 Å². The van der Waals surface area contributed by atoms with Gasteiger partial charge in [0.25, 0.3) is 0 Å². The first-order valence-corrected chi connectivity index (χ1v) is 12.4. The smallest absolute Gasteiger partial charge is 0.224 e. The summed E-state index contributed by atoms with van der Waals surface area (Å²) in [5, 5.41) is 0. The van der Waals surface area contributed by atoms with E-state index in [1.54, 1.807) is 13.8 Å². The van der Waals surface area contributed by atoms with Gasteiger partial charge < -0.3 is 4.74 Å². The van der Waals surface area contributed by atoms with E-state index in [1.807, 2.05) is 6.08 Å². The van der Waals surface area contributed by atoms with Crippen LogP contribution in [0.3, 0.4) is 0 Å². The number of hydrogen-bond acceptors (Lipinski definition) is 2. The van der Waals surface area contributed by atoms with Crippen LogP contribution in [0.25, 0.3) is 0 Å². The second kappa shape index (κ2) is 6.69. The maximum atomic E-state index is 13.9. The second-order valence-electron chi connectivity index (χ2n) is 12.2. The lowest BCUT2D eigenvalue weighted by Gasteiger charge is -2.56. The van der Waals surface area contributed by atoms with Gasteiger partial charge in [0.1, 0.15) is 5.67 Å². The Morgan fingerprint density at radius 2 is 1.97 bits per heavy atom. The summed E-state index contributed by atoms with van der Waals surface area (Å²) in [5.41, 5.74) is 0.701. The summed E-state index contributed by atoms with van der Waals surface area (Å²) in [5.74, 6) is 5.39. The maximum Gasteiger partial charge on any atom is 0.224 e. The molecule has 7 atom stereocenters. The number of allylic oxidation sites excluding steroid dienone is 2. The average molecular weight is 415 g/mol. The van der Waals surface area contributed by atoms with Crippen LogP contribution in [0, 0.1) is 40.4 Å². The van der Waals surface area contributed by atoms with Gasteiger partial charge in [-0.25, -0.2) is 4.39 Å². The van der Waals surface area contributed by atoms with Crippen molar-refractivity contribution in [3.05, 3.63) is 23.2 Å². The summed E-state index contributed by atoms with van der Waals surface area (Å²) >= 11 is 0. The van der Waals surface area contributed by atoms with Crippen LogP contribution in [-0.4, -0.2) is 11.5 Å². The quantitative estimate of drug-likeness (QED) is 0.478. The first-order chi connectivity index (χ1) is 14.1. The Labute approximate surface area is 181 Å². The van der Waals surface area contributed by atoms with Crippen LogP contribution in [0.2, 0.25) is 0 Å². The zero-order valence-corrected chi connectivity index (χ0v) is 19.5. The van der Waals surface area contributed by atoms with Crippen molar-refractivity contribution in [2.45, 2.75) is 98.1 Å². The molecule has 5 rings (SSSR count). The van der Waals surface area contributed by atoms with Gasteiger partial charge in [0.15, 0.2) is 5.76 Å². The van der Waals surface area contributed by atoms with Crippen molar-refractivity contribution in [2.75, 3.05) is 0 Å². The molecule has 3 saturated carbocycles. The highest BCUT2D eigenvalue weighted by atomic mass is 19.1. The fraction of sp³-hybridized carbons (Fsp3) is 0.815. The molecule has 0 bridgehead atoms. The fourth-order valence-electron chi connectivity index (χ4n) is 8.59. The molecule has 0 spiro atoms. The van der Waals surface area contributed by atoms with E-state index in [2.05, 4.69) is 20.8 Å². The van der Waals surface area contributed by atoms with E-state index < -0.39 is 5.67 Å². The van der Waals surface area contributed by atoms with Gasteiger partial charge in [-0.05, 0) is 107 Å². The van der Waals surface area contributed by atoms with E-state index in [1.165, 1.54) is 37.7 Å². The third kappa shape index (κ3) is 2.97. The number of alkyl halides is 1. The number of ketones is 1. The topological polar surface area (TPSA) is 29.6 Å². The Morgan fingerprint density at radius 1 is 1.20 bits per heavy atom. The first kappa shape index (κ1) is 20.8. The van der Waals surface area contributed by atoms with Crippen LogP contribution in [0.4, 0.5) is 4.39 Å². The SMILES string of the molecule is C[C@H](CCCC(C)(C)F)[C@H]1CC[C@H]2[C@@H]3CCC4=CC(=O)C5=C(O5)[C@]4(C)[C@H]3CC[C@]12C. The molecule has 0 unspecified atom stereocenters. The number of ether oxygens (including phenoxy) is 1. The Morgan fingerprint density at radius 3 is 2.70 bits per heavy atom. The molecule has 3 fully saturated rings. The van der Waals surface area contributed by atoms with Gasteiger partial charge in [-0.15, -0.1) is 0 Å². The summed E-state index contributed by atoms with van der Waals surface area (Å²) in [6.07, 6.45) is 12.3. The van der Waals surface area contributed by atoms with Crippen LogP contribution >= 0.6 is 0 Å². The Hall–Kier alpha value is -1.12. The Kier molecular flexibility index (Phi) is 4.63. The molecule has 3 heteroatoms. The number of fused-ring (bicyclic) bond motifs is 6. The highest BCUT2D eigenvalue weighted by Crippen LogP contribution is 2.70. The molecule has 166 valence electrons. The highest BCUT2D eigenvalue weighted by molar-refractivity contribution is 6.07. The lowest BCUT2D eigenvalue weighted by atomic mass is 9.47. The molecule has 30 heavy (non-hydrogen) atoms. The normalized spacial score (nSPS) is 43.1.